The summed E-state index contributed by atoms with van der Waals surface area (Å²) in [5.41, 5.74) is 2.61. The van der Waals surface area contributed by atoms with Crippen molar-refractivity contribution < 1.29 is 0 Å². The summed E-state index contributed by atoms with van der Waals surface area (Å²) < 4.78 is 5.19. The van der Waals surface area contributed by atoms with Crippen LogP contribution in [0.4, 0.5) is 0 Å². The van der Waals surface area contributed by atoms with E-state index in [1.165, 1.54) is 4.68 Å². The van der Waals surface area contributed by atoms with Gasteiger partial charge in [0.15, 0.2) is 10.8 Å². The van der Waals surface area contributed by atoms with E-state index in [4.69, 9.17) is 4.98 Å². The van der Waals surface area contributed by atoms with Crippen molar-refractivity contribution in [2.24, 2.45) is 0 Å². The number of fused-ring (bicyclic) bond motifs is 2. The van der Waals surface area contributed by atoms with Gasteiger partial charge >= 0.3 is 5.69 Å². The van der Waals surface area contributed by atoms with Crippen LogP contribution < -0.4 is 5.69 Å². The monoisotopic (exact) mass is 351 g/mol. The third-order valence-electron chi connectivity index (χ3n) is 3.95. The topological polar surface area (TPSA) is 57.1 Å². The molecule has 1 aromatic carbocycles. The second-order valence-electron chi connectivity index (χ2n) is 5.57. The maximum Gasteiger partial charge on any atom is 0.350 e. The van der Waals surface area contributed by atoms with Crippen molar-refractivity contribution in [1.82, 2.24) is 23.7 Å². The molecule has 0 unspecified atom stereocenters. The van der Waals surface area contributed by atoms with Gasteiger partial charge in [0.25, 0.3) is 0 Å². The van der Waals surface area contributed by atoms with Crippen molar-refractivity contribution in [2.75, 3.05) is 5.75 Å². The number of pyridine rings is 1. The summed E-state index contributed by atoms with van der Waals surface area (Å²) in [5, 5.41) is 5.28. The molecule has 7 heteroatoms. The fraction of sp³-hybridized carbons (Fsp3) is 0.167. The highest BCUT2D eigenvalue weighted by Crippen LogP contribution is 2.24. The first-order chi connectivity index (χ1) is 12.3. The van der Waals surface area contributed by atoms with Gasteiger partial charge in [0.05, 0.1) is 17.6 Å². The maximum atomic E-state index is 12.3. The van der Waals surface area contributed by atoms with Crippen LogP contribution in [0.1, 0.15) is 0 Å². The van der Waals surface area contributed by atoms with E-state index >= 15 is 0 Å². The van der Waals surface area contributed by atoms with Crippen LogP contribution in [0.5, 0.6) is 0 Å². The van der Waals surface area contributed by atoms with E-state index in [-0.39, 0.29) is 5.69 Å². The molecule has 3 aromatic heterocycles. The molecule has 0 saturated heterocycles. The minimum atomic E-state index is -0.115. The predicted molar refractivity (Wildman–Crippen MR) is 100 cm³/mol. The van der Waals surface area contributed by atoms with Crippen LogP contribution in [-0.4, -0.2) is 29.5 Å². The summed E-state index contributed by atoms with van der Waals surface area (Å²) in [4.78, 5) is 17.0. The number of para-hydroxylation sites is 2. The zero-order valence-corrected chi connectivity index (χ0v) is 14.4. The number of aryl methyl sites for hydroxylation is 1. The summed E-state index contributed by atoms with van der Waals surface area (Å²) in [6.45, 7) is 5.07. The minimum absolute atomic E-state index is 0.115. The van der Waals surface area contributed by atoms with Crippen LogP contribution in [-0.2, 0) is 13.1 Å². The molecule has 0 aliphatic heterocycles. The van der Waals surface area contributed by atoms with E-state index in [0.717, 1.165) is 16.2 Å². The summed E-state index contributed by atoms with van der Waals surface area (Å²) >= 11 is 1.62. The molecule has 0 bridgehead atoms. The molecule has 3 heterocycles. The van der Waals surface area contributed by atoms with Crippen LogP contribution in [0.3, 0.4) is 0 Å². The van der Waals surface area contributed by atoms with Crippen molar-refractivity contribution in [3.63, 3.8) is 0 Å². The molecule has 0 radical (unpaired) electrons. The number of aromatic nitrogens is 5. The minimum Gasteiger partial charge on any atom is -0.315 e. The van der Waals surface area contributed by atoms with Crippen molar-refractivity contribution in [3.8, 4) is 0 Å². The highest BCUT2D eigenvalue weighted by atomic mass is 32.2. The Bertz CT molecular complexity index is 1110. The maximum absolute atomic E-state index is 12.3. The second-order valence-corrected chi connectivity index (χ2v) is 6.63. The van der Waals surface area contributed by atoms with E-state index in [1.807, 2.05) is 42.5 Å². The molecule has 0 aliphatic rings. The van der Waals surface area contributed by atoms with Gasteiger partial charge < -0.3 is 4.57 Å². The SMILES string of the molecule is C=CCn1c(SCCn2nc3ccccn3c2=O)nc2ccccc21. The standard InChI is InChI=1S/C18H17N5OS/c1-2-10-21-15-8-4-3-7-14(15)19-17(21)25-13-12-23-18(24)22-11-6-5-9-16(22)20-23/h2-9,11H,1,10,12-13H2. The molecule has 0 aliphatic carbocycles. The Hall–Kier alpha value is -2.80. The average Bonchev–Trinajstić information content (AvgIpc) is 3.14. The average molecular weight is 351 g/mol. The highest BCUT2D eigenvalue weighted by molar-refractivity contribution is 7.99. The fourth-order valence-corrected chi connectivity index (χ4v) is 3.74. The smallest absolute Gasteiger partial charge is 0.315 e. The summed E-state index contributed by atoms with van der Waals surface area (Å²) in [5.74, 6) is 0.713. The van der Waals surface area contributed by atoms with Crippen molar-refractivity contribution >= 4 is 28.4 Å². The normalized spacial score (nSPS) is 11.4. The van der Waals surface area contributed by atoms with E-state index in [9.17, 15) is 4.79 Å². The lowest BCUT2D eigenvalue weighted by Gasteiger charge is -2.05. The number of hydrogen-bond acceptors (Lipinski definition) is 4. The molecule has 126 valence electrons. The molecule has 25 heavy (non-hydrogen) atoms. The van der Waals surface area contributed by atoms with Crippen LogP contribution >= 0.6 is 11.8 Å². The van der Waals surface area contributed by atoms with Gasteiger partial charge in [-0.1, -0.05) is 36.0 Å². The van der Waals surface area contributed by atoms with Gasteiger partial charge in [0, 0.05) is 18.5 Å². The number of imidazole rings is 1. The van der Waals surface area contributed by atoms with Crippen LogP contribution in [0, 0.1) is 0 Å². The third kappa shape index (κ3) is 2.87. The van der Waals surface area contributed by atoms with Crippen molar-refractivity contribution in [2.45, 2.75) is 18.2 Å². The van der Waals surface area contributed by atoms with Crippen LogP contribution in [0.15, 0.2) is 71.3 Å². The first-order valence-electron chi connectivity index (χ1n) is 8.01. The van der Waals surface area contributed by atoms with Gasteiger partial charge in [0.2, 0.25) is 0 Å². The molecular formula is C18H17N5OS. The number of allylic oxidation sites excluding steroid dienone is 1. The number of benzene rings is 1. The lowest BCUT2D eigenvalue weighted by molar-refractivity contribution is 0.638. The number of nitrogens with zero attached hydrogens (tertiary/aromatic N) is 5. The van der Waals surface area contributed by atoms with Crippen molar-refractivity contribution in [3.05, 3.63) is 71.8 Å². The molecule has 0 amide bonds. The van der Waals surface area contributed by atoms with E-state index in [1.54, 1.807) is 22.4 Å². The molecule has 0 saturated carbocycles. The quantitative estimate of drug-likeness (QED) is 0.396. The molecule has 4 rings (SSSR count). The number of hydrogen-bond donors (Lipinski definition) is 0. The van der Waals surface area contributed by atoms with Gasteiger partial charge in [-0.2, -0.15) is 0 Å². The Labute approximate surface area is 148 Å². The molecule has 4 aromatic rings. The van der Waals surface area contributed by atoms with E-state index in [2.05, 4.69) is 22.3 Å². The third-order valence-corrected chi connectivity index (χ3v) is 4.91. The Morgan fingerprint density at radius 3 is 2.84 bits per heavy atom. The first-order valence-corrected chi connectivity index (χ1v) is 8.99. The molecule has 0 N–H and O–H groups in total. The van der Waals surface area contributed by atoms with Gasteiger partial charge in [-0.05, 0) is 24.3 Å². The highest BCUT2D eigenvalue weighted by Gasteiger charge is 2.11. The fourth-order valence-electron chi connectivity index (χ4n) is 2.81. The van der Waals surface area contributed by atoms with E-state index in [0.29, 0.717) is 24.5 Å². The van der Waals surface area contributed by atoms with Gasteiger partial charge in [-0.15, -0.1) is 11.7 Å². The van der Waals surface area contributed by atoms with E-state index < -0.39 is 0 Å². The van der Waals surface area contributed by atoms with Gasteiger partial charge in [-0.3, -0.25) is 4.40 Å². The summed E-state index contributed by atoms with van der Waals surface area (Å²) in [7, 11) is 0. The van der Waals surface area contributed by atoms with Gasteiger partial charge in [0.1, 0.15) is 0 Å². The lowest BCUT2D eigenvalue weighted by atomic mass is 10.3. The lowest BCUT2D eigenvalue weighted by Crippen LogP contribution is -2.22. The molecule has 0 atom stereocenters. The van der Waals surface area contributed by atoms with Crippen LogP contribution in [0.2, 0.25) is 0 Å². The zero-order chi connectivity index (χ0) is 17.2. The second kappa shape index (κ2) is 6.60. The molecule has 6 nitrogen and oxygen atoms in total. The molecule has 0 spiro atoms. The largest absolute Gasteiger partial charge is 0.350 e. The first kappa shape index (κ1) is 15.7. The zero-order valence-electron chi connectivity index (χ0n) is 13.6. The number of thioether (sulfide) groups is 1. The number of rotatable bonds is 6. The van der Waals surface area contributed by atoms with Crippen LogP contribution in [0.25, 0.3) is 16.7 Å². The van der Waals surface area contributed by atoms with Crippen molar-refractivity contribution in [1.29, 1.82) is 0 Å². The van der Waals surface area contributed by atoms with Gasteiger partial charge in [-0.25, -0.2) is 14.5 Å². The molecule has 0 fully saturated rings. The summed E-state index contributed by atoms with van der Waals surface area (Å²) in [6.07, 6.45) is 3.60. The Morgan fingerprint density at radius 2 is 2.00 bits per heavy atom. The Balaban J connectivity index is 1.56. The Morgan fingerprint density at radius 1 is 1.16 bits per heavy atom. The molecular weight excluding hydrogens is 334 g/mol. The Kier molecular flexibility index (Phi) is 4.15. The summed E-state index contributed by atoms with van der Waals surface area (Å²) in [6, 6.07) is 13.6. The predicted octanol–water partition coefficient (Wildman–Crippen LogP) is 2.82.